The van der Waals surface area contributed by atoms with E-state index in [-0.39, 0.29) is 10.9 Å². The second-order valence-corrected chi connectivity index (χ2v) is 11.0. The Hall–Kier alpha value is -2.65. The molecule has 1 aliphatic heterocycles. The van der Waals surface area contributed by atoms with Crippen LogP contribution in [-0.4, -0.2) is 16.8 Å². The summed E-state index contributed by atoms with van der Waals surface area (Å²) in [5.74, 6) is 0.338. The number of rotatable bonds is 9. The van der Waals surface area contributed by atoms with E-state index in [4.69, 9.17) is 33.3 Å². The summed E-state index contributed by atoms with van der Waals surface area (Å²) in [6.45, 7) is 6.59. The molecule has 1 saturated heterocycles. The van der Waals surface area contributed by atoms with Crippen LogP contribution in [0, 0.1) is 5.82 Å². The molecule has 4 nitrogen and oxygen atoms in total. The Labute approximate surface area is 238 Å². The van der Waals surface area contributed by atoms with Gasteiger partial charge in [0.2, 0.25) is 0 Å². The summed E-state index contributed by atoms with van der Waals surface area (Å²) in [6, 6.07) is 15.8. The molecule has 4 rings (SSSR count). The highest BCUT2D eigenvalue weighted by Gasteiger charge is 2.33. The molecule has 3 aromatic carbocycles. The topological polar surface area (TPSA) is 38.8 Å². The predicted molar refractivity (Wildman–Crippen MR) is 157 cm³/mol. The lowest BCUT2D eigenvalue weighted by Gasteiger charge is -2.17. The number of anilines is 1. The summed E-state index contributed by atoms with van der Waals surface area (Å²) in [6.07, 6.45) is 4.10. The first-order valence-electron chi connectivity index (χ1n) is 11.3. The SMILES string of the molecule is C=CCc1cc(C=C2SC(=S)N(c3ccc(F)c(Cl)c3)C2=O)cc(OCC)c1OCc1ccc(Br)cc1. The molecule has 0 spiro atoms. The molecule has 0 N–H and O–H groups in total. The van der Waals surface area contributed by atoms with Crippen molar-refractivity contribution in [3.05, 3.63) is 104 Å². The molecule has 0 aliphatic carbocycles. The number of thiocarbonyl (C=S) groups is 1. The van der Waals surface area contributed by atoms with Gasteiger partial charge in [-0.05, 0) is 73.0 Å². The van der Waals surface area contributed by atoms with Crippen LogP contribution >= 0.6 is 51.5 Å². The zero-order chi connectivity index (χ0) is 26.5. The maximum atomic E-state index is 13.6. The van der Waals surface area contributed by atoms with Crippen molar-refractivity contribution in [1.29, 1.82) is 0 Å². The molecule has 1 aliphatic rings. The van der Waals surface area contributed by atoms with E-state index in [1.807, 2.05) is 43.3 Å². The highest BCUT2D eigenvalue weighted by Crippen LogP contribution is 2.39. The number of benzene rings is 3. The lowest BCUT2D eigenvalue weighted by atomic mass is 10.0. The highest BCUT2D eigenvalue weighted by atomic mass is 79.9. The van der Waals surface area contributed by atoms with Crippen molar-refractivity contribution in [3.8, 4) is 11.5 Å². The third kappa shape index (κ3) is 6.44. The van der Waals surface area contributed by atoms with Crippen LogP contribution in [0.1, 0.15) is 23.6 Å². The molecule has 0 saturated carbocycles. The van der Waals surface area contributed by atoms with Gasteiger partial charge in [0.1, 0.15) is 12.4 Å². The molecular weight excluding hydrogens is 597 g/mol. The first kappa shape index (κ1) is 27.4. The summed E-state index contributed by atoms with van der Waals surface area (Å²) in [5.41, 5.74) is 3.07. The van der Waals surface area contributed by atoms with E-state index in [2.05, 4.69) is 22.5 Å². The van der Waals surface area contributed by atoms with Crippen molar-refractivity contribution in [1.82, 2.24) is 0 Å². The third-order valence-electron chi connectivity index (χ3n) is 5.37. The molecule has 190 valence electrons. The number of halogens is 3. The lowest BCUT2D eigenvalue weighted by molar-refractivity contribution is -0.113. The fraction of sp³-hybridized carbons (Fsp3) is 0.143. The summed E-state index contributed by atoms with van der Waals surface area (Å²) in [7, 11) is 0. The van der Waals surface area contributed by atoms with Crippen LogP contribution in [0.2, 0.25) is 5.02 Å². The molecule has 0 aromatic heterocycles. The standard InChI is InChI=1S/C28H22BrClFNO3S2/c1-3-5-19-12-18(13-24(34-4-2)26(19)35-16-17-6-8-20(29)9-7-17)14-25-27(33)32(28(36)37-25)21-10-11-23(31)22(30)15-21/h3,6-15H,1,4-5,16H2,2H3. The zero-order valence-corrected chi connectivity index (χ0v) is 23.8. The van der Waals surface area contributed by atoms with E-state index in [1.165, 1.54) is 34.9 Å². The van der Waals surface area contributed by atoms with E-state index in [0.29, 0.717) is 46.0 Å². The maximum absolute atomic E-state index is 13.6. The van der Waals surface area contributed by atoms with E-state index >= 15 is 0 Å². The van der Waals surface area contributed by atoms with Crippen LogP contribution < -0.4 is 14.4 Å². The zero-order valence-electron chi connectivity index (χ0n) is 19.8. The molecular formula is C28H22BrClFNO3S2. The first-order valence-corrected chi connectivity index (χ1v) is 13.7. The highest BCUT2D eigenvalue weighted by molar-refractivity contribution is 9.10. The Morgan fingerprint density at radius 2 is 1.92 bits per heavy atom. The minimum Gasteiger partial charge on any atom is -0.490 e. The number of carbonyl (C=O) groups is 1. The molecule has 37 heavy (non-hydrogen) atoms. The van der Waals surface area contributed by atoms with Gasteiger partial charge in [-0.3, -0.25) is 9.69 Å². The summed E-state index contributed by atoms with van der Waals surface area (Å²) >= 11 is 16.0. The van der Waals surface area contributed by atoms with Gasteiger partial charge in [0.15, 0.2) is 15.8 Å². The van der Waals surface area contributed by atoms with Crippen LogP contribution in [0.25, 0.3) is 6.08 Å². The fourth-order valence-corrected chi connectivity index (χ4v) is 5.44. The molecule has 0 bridgehead atoms. The number of ether oxygens (including phenoxy) is 2. The van der Waals surface area contributed by atoms with Crippen LogP contribution in [0.4, 0.5) is 10.1 Å². The fourth-order valence-electron chi connectivity index (χ4n) is 3.70. The van der Waals surface area contributed by atoms with Crippen LogP contribution in [0.3, 0.4) is 0 Å². The average Bonchev–Trinajstić information content (AvgIpc) is 3.14. The van der Waals surface area contributed by atoms with Gasteiger partial charge in [0, 0.05) is 10.0 Å². The number of nitrogens with zero attached hydrogens (tertiary/aromatic N) is 1. The maximum Gasteiger partial charge on any atom is 0.270 e. The monoisotopic (exact) mass is 617 g/mol. The molecule has 9 heteroatoms. The van der Waals surface area contributed by atoms with Crippen molar-refractivity contribution in [2.24, 2.45) is 0 Å². The Bertz CT molecular complexity index is 1390. The van der Waals surface area contributed by atoms with Crippen molar-refractivity contribution in [2.75, 3.05) is 11.5 Å². The summed E-state index contributed by atoms with van der Waals surface area (Å²) < 4.78 is 27.1. The van der Waals surface area contributed by atoms with Crippen molar-refractivity contribution in [3.63, 3.8) is 0 Å². The van der Waals surface area contributed by atoms with Gasteiger partial charge in [-0.2, -0.15) is 0 Å². The molecule has 1 fully saturated rings. The Morgan fingerprint density at radius 3 is 2.59 bits per heavy atom. The van der Waals surface area contributed by atoms with Gasteiger partial charge in [0.05, 0.1) is 22.2 Å². The average molecular weight is 619 g/mol. The quantitative estimate of drug-likeness (QED) is 0.137. The van der Waals surface area contributed by atoms with E-state index in [9.17, 15) is 9.18 Å². The van der Waals surface area contributed by atoms with E-state index < -0.39 is 5.82 Å². The largest absolute Gasteiger partial charge is 0.490 e. The first-order chi connectivity index (χ1) is 17.8. The van der Waals surface area contributed by atoms with Crippen LogP contribution in [0.5, 0.6) is 11.5 Å². The number of hydrogen-bond acceptors (Lipinski definition) is 5. The molecule has 0 radical (unpaired) electrons. The van der Waals surface area contributed by atoms with Gasteiger partial charge in [-0.15, -0.1) is 6.58 Å². The van der Waals surface area contributed by atoms with Crippen molar-refractivity contribution >= 4 is 73.5 Å². The third-order valence-corrected chi connectivity index (χ3v) is 7.49. The Morgan fingerprint density at radius 1 is 1.16 bits per heavy atom. The summed E-state index contributed by atoms with van der Waals surface area (Å²) in [5, 5.41) is -0.0790. The van der Waals surface area contributed by atoms with Gasteiger partial charge in [-0.25, -0.2) is 4.39 Å². The second kappa shape index (κ2) is 12.3. The van der Waals surface area contributed by atoms with Crippen molar-refractivity contribution < 1.29 is 18.7 Å². The van der Waals surface area contributed by atoms with Gasteiger partial charge < -0.3 is 9.47 Å². The van der Waals surface area contributed by atoms with E-state index in [0.717, 1.165) is 21.2 Å². The smallest absolute Gasteiger partial charge is 0.270 e. The van der Waals surface area contributed by atoms with E-state index in [1.54, 1.807) is 12.2 Å². The Kier molecular flexibility index (Phi) is 9.08. The van der Waals surface area contributed by atoms with Gasteiger partial charge in [-0.1, -0.05) is 69.7 Å². The van der Waals surface area contributed by atoms with Gasteiger partial charge >= 0.3 is 0 Å². The van der Waals surface area contributed by atoms with Crippen molar-refractivity contribution in [2.45, 2.75) is 20.0 Å². The Balaban J connectivity index is 1.66. The molecule has 1 amide bonds. The number of thioether (sulfide) groups is 1. The summed E-state index contributed by atoms with van der Waals surface area (Å²) in [4.78, 5) is 15.0. The molecule has 3 aromatic rings. The number of amides is 1. The van der Waals surface area contributed by atoms with Crippen LogP contribution in [0.15, 0.2) is 76.6 Å². The van der Waals surface area contributed by atoms with Gasteiger partial charge in [0.25, 0.3) is 5.91 Å². The molecule has 0 unspecified atom stereocenters. The minimum atomic E-state index is -0.563. The second-order valence-electron chi connectivity index (χ2n) is 7.96. The number of carbonyl (C=O) groups excluding carboxylic acids is 1. The van der Waals surface area contributed by atoms with Crippen LogP contribution in [-0.2, 0) is 17.8 Å². The minimum absolute atomic E-state index is 0.0790. The number of hydrogen-bond donors (Lipinski definition) is 0. The lowest BCUT2D eigenvalue weighted by Crippen LogP contribution is -2.27. The molecule has 1 heterocycles. The molecule has 0 atom stereocenters. The predicted octanol–water partition coefficient (Wildman–Crippen LogP) is 8.35. The number of allylic oxidation sites excluding steroid dienone is 1. The normalized spacial score (nSPS) is 14.4.